The van der Waals surface area contributed by atoms with E-state index >= 15 is 0 Å². The van der Waals surface area contributed by atoms with E-state index in [1.807, 2.05) is 0 Å². The summed E-state index contributed by atoms with van der Waals surface area (Å²) in [5.41, 5.74) is 0.807. The van der Waals surface area contributed by atoms with Crippen LogP contribution in [0, 0.1) is 11.8 Å². The summed E-state index contributed by atoms with van der Waals surface area (Å²) in [5, 5.41) is 6.52. The van der Waals surface area contributed by atoms with E-state index in [-0.39, 0.29) is 13.1 Å². The fourth-order valence-electron chi connectivity index (χ4n) is 3.19. The van der Waals surface area contributed by atoms with Crippen LogP contribution < -0.4 is 5.32 Å². The number of hydrogen-bond donors (Lipinski definition) is 1. The normalized spacial score (nSPS) is 26.7. The smallest absolute Gasteiger partial charge is 0.364 e. The first-order valence-electron chi connectivity index (χ1n) is 7.63. The van der Waals surface area contributed by atoms with Gasteiger partial charge >= 0.3 is 6.18 Å². The van der Waals surface area contributed by atoms with Gasteiger partial charge in [-0.3, -0.25) is 9.69 Å². The van der Waals surface area contributed by atoms with Gasteiger partial charge in [-0.15, -0.1) is 0 Å². The number of rotatable bonds is 3. The third kappa shape index (κ3) is 3.66. The topological polar surface area (TPSA) is 61.6 Å². The van der Waals surface area contributed by atoms with Crippen LogP contribution in [0.5, 0.6) is 0 Å². The minimum Gasteiger partial charge on any atom is -0.364 e. The molecule has 6 nitrogen and oxygen atoms in total. The predicted molar refractivity (Wildman–Crippen MR) is 74.3 cm³/mol. The van der Waals surface area contributed by atoms with Crippen molar-refractivity contribution in [3.63, 3.8) is 0 Å². The molecule has 23 heavy (non-hydrogen) atoms. The van der Waals surface area contributed by atoms with Crippen molar-refractivity contribution in [2.45, 2.75) is 12.7 Å². The summed E-state index contributed by atoms with van der Waals surface area (Å²) >= 11 is 0. The van der Waals surface area contributed by atoms with Gasteiger partial charge in [-0.05, 0) is 0 Å². The number of halogens is 3. The van der Waals surface area contributed by atoms with Gasteiger partial charge in [0, 0.05) is 51.9 Å². The van der Waals surface area contributed by atoms with Gasteiger partial charge < -0.3 is 14.7 Å². The Labute approximate surface area is 131 Å². The Kier molecular flexibility index (Phi) is 4.58. The Morgan fingerprint density at radius 2 is 2.04 bits per heavy atom. The lowest BCUT2D eigenvalue weighted by atomic mass is 9.93. The van der Waals surface area contributed by atoms with Gasteiger partial charge in [0.2, 0.25) is 5.91 Å². The summed E-state index contributed by atoms with van der Waals surface area (Å²) in [6, 6.07) is 1.77. The zero-order chi connectivity index (χ0) is 16.4. The second-order valence-corrected chi connectivity index (χ2v) is 6.01. The van der Waals surface area contributed by atoms with Crippen LogP contribution >= 0.6 is 0 Å². The molecule has 1 aromatic heterocycles. The van der Waals surface area contributed by atoms with Crippen LogP contribution in [0.3, 0.4) is 0 Å². The summed E-state index contributed by atoms with van der Waals surface area (Å²) in [5.74, 6) is -2.97. The van der Waals surface area contributed by atoms with E-state index in [9.17, 15) is 18.0 Å². The van der Waals surface area contributed by atoms with E-state index in [0.717, 1.165) is 5.69 Å². The molecule has 9 heteroatoms. The van der Waals surface area contributed by atoms with E-state index < -0.39 is 23.9 Å². The van der Waals surface area contributed by atoms with Crippen LogP contribution in [0.4, 0.5) is 13.2 Å². The SMILES string of the molecule is O=C([C@@H]1CNC[C@H]1C(F)(F)F)N1CCN(Cc2ccon2)CC1. The molecule has 128 valence electrons. The molecular formula is C14H19F3N4O2. The Bertz CT molecular complexity index is 527. The number of nitrogens with one attached hydrogen (secondary N) is 1. The second-order valence-electron chi connectivity index (χ2n) is 6.01. The zero-order valence-electron chi connectivity index (χ0n) is 12.6. The Hall–Kier alpha value is -1.61. The maximum Gasteiger partial charge on any atom is 0.393 e. The second kappa shape index (κ2) is 6.48. The molecule has 2 aliphatic heterocycles. The molecule has 0 saturated carbocycles. The third-order valence-corrected chi connectivity index (χ3v) is 4.51. The van der Waals surface area contributed by atoms with E-state index in [1.165, 1.54) is 6.26 Å². The number of hydrogen-bond acceptors (Lipinski definition) is 5. The highest BCUT2D eigenvalue weighted by Crippen LogP contribution is 2.35. The summed E-state index contributed by atoms with van der Waals surface area (Å²) in [6.07, 6.45) is -2.84. The van der Waals surface area contributed by atoms with E-state index in [4.69, 9.17) is 4.52 Å². The minimum absolute atomic E-state index is 0.0994. The summed E-state index contributed by atoms with van der Waals surface area (Å²) in [7, 11) is 0. The number of carbonyl (C=O) groups is 1. The van der Waals surface area contributed by atoms with Crippen LogP contribution in [0.1, 0.15) is 5.69 Å². The number of piperazine rings is 1. The van der Waals surface area contributed by atoms with Crippen molar-refractivity contribution in [2.24, 2.45) is 11.8 Å². The molecule has 1 aromatic rings. The zero-order valence-corrected chi connectivity index (χ0v) is 12.6. The van der Waals surface area contributed by atoms with Crippen molar-refractivity contribution in [2.75, 3.05) is 39.3 Å². The monoisotopic (exact) mass is 332 g/mol. The van der Waals surface area contributed by atoms with Crippen molar-refractivity contribution in [3.8, 4) is 0 Å². The van der Waals surface area contributed by atoms with Crippen LogP contribution in [0.2, 0.25) is 0 Å². The van der Waals surface area contributed by atoms with Gasteiger partial charge in [0.05, 0.1) is 17.5 Å². The first kappa shape index (κ1) is 16.3. The number of nitrogens with zero attached hydrogens (tertiary/aromatic N) is 3. The van der Waals surface area contributed by atoms with Crippen LogP contribution in [-0.2, 0) is 11.3 Å². The third-order valence-electron chi connectivity index (χ3n) is 4.51. The average molecular weight is 332 g/mol. The molecular weight excluding hydrogens is 313 g/mol. The maximum atomic E-state index is 13.0. The van der Waals surface area contributed by atoms with Crippen molar-refractivity contribution in [1.29, 1.82) is 0 Å². The highest BCUT2D eigenvalue weighted by atomic mass is 19.4. The molecule has 1 amide bonds. The number of alkyl halides is 3. The lowest BCUT2D eigenvalue weighted by Crippen LogP contribution is -2.51. The molecule has 3 rings (SSSR count). The minimum atomic E-state index is -4.33. The van der Waals surface area contributed by atoms with Gasteiger partial charge in [0.15, 0.2) is 0 Å². The summed E-state index contributed by atoms with van der Waals surface area (Å²) in [6.45, 7) is 2.67. The lowest BCUT2D eigenvalue weighted by molar-refractivity contribution is -0.185. The van der Waals surface area contributed by atoms with E-state index in [2.05, 4.69) is 15.4 Å². The molecule has 0 radical (unpaired) electrons. The van der Waals surface area contributed by atoms with Crippen molar-refractivity contribution < 1.29 is 22.5 Å². The highest BCUT2D eigenvalue weighted by molar-refractivity contribution is 5.80. The Morgan fingerprint density at radius 3 is 2.65 bits per heavy atom. The highest BCUT2D eigenvalue weighted by Gasteiger charge is 2.50. The van der Waals surface area contributed by atoms with Gasteiger partial charge in [0.1, 0.15) is 6.26 Å². The molecule has 0 bridgehead atoms. The Morgan fingerprint density at radius 1 is 1.30 bits per heavy atom. The molecule has 2 aliphatic rings. The van der Waals surface area contributed by atoms with Gasteiger partial charge in [-0.1, -0.05) is 5.16 Å². The van der Waals surface area contributed by atoms with Crippen molar-refractivity contribution in [3.05, 3.63) is 18.0 Å². The molecule has 2 atom stereocenters. The van der Waals surface area contributed by atoms with Crippen LogP contribution in [-0.4, -0.2) is 66.3 Å². The number of amides is 1. The van der Waals surface area contributed by atoms with Gasteiger partial charge in [-0.25, -0.2) is 0 Å². The first-order valence-corrected chi connectivity index (χ1v) is 7.63. The molecule has 0 aliphatic carbocycles. The van der Waals surface area contributed by atoms with Crippen molar-refractivity contribution >= 4 is 5.91 Å². The number of aromatic nitrogens is 1. The molecule has 0 unspecified atom stereocenters. The predicted octanol–water partition coefficient (Wildman–Crippen LogP) is 0.717. The summed E-state index contributed by atoms with van der Waals surface area (Å²) in [4.78, 5) is 16.1. The van der Waals surface area contributed by atoms with E-state index in [0.29, 0.717) is 32.7 Å². The molecule has 3 heterocycles. The maximum absolute atomic E-state index is 13.0. The average Bonchev–Trinajstić information content (AvgIpc) is 3.18. The van der Waals surface area contributed by atoms with Gasteiger partial charge in [-0.2, -0.15) is 13.2 Å². The molecule has 1 N–H and O–H groups in total. The molecule has 0 aromatic carbocycles. The van der Waals surface area contributed by atoms with Crippen molar-refractivity contribution in [1.82, 2.24) is 20.3 Å². The van der Waals surface area contributed by atoms with E-state index in [1.54, 1.807) is 11.0 Å². The van der Waals surface area contributed by atoms with Crippen LogP contribution in [0.25, 0.3) is 0 Å². The summed E-state index contributed by atoms with van der Waals surface area (Å²) < 4.78 is 43.7. The largest absolute Gasteiger partial charge is 0.393 e. The Balaban J connectivity index is 1.54. The fourth-order valence-corrected chi connectivity index (χ4v) is 3.19. The first-order chi connectivity index (χ1) is 10.9. The molecule has 0 spiro atoms. The quantitative estimate of drug-likeness (QED) is 0.884. The molecule has 2 fully saturated rings. The van der Waals surface area contributed by atoms with Crippen LogP contribution in [0.15, 0.2) is 16.9 Å². The molecule has 2 saturated heterocycles. The van der Waals surface area contributed by atoms with Gasteiger partial charge in [0.25, 0.3) is 0 Å². The standard InChI is InChI=1S/C14H19F3N4O2/c15-14(16,17)12-8-18-7-11(12)13(22)21-4-2-20(3-5-21)9-10-1-6-23-19-10/h1,6,11-12,18H,2-5,7-9H2/t11-,12-/m1/s1. The lowest BCUT2D eigenvalue weighted by Gasteiger charge is -2.36. The fraction of sp³-hybridized carbons (Fsp3) is 0.714. The number of carbonyl (C=O) groups excluding carboxylic acids is 1.